The molecular weight excluding hydrogens is 222 g/mol. The van der Waals surface area contributed by atoms with E-state index < -0.39 is 0 Å². The van der Waals surface area contributed by atoms with Crippen LogP contribution in [0.1, 0.15) is 45.4 Å². The van der Waals surface area contributed by atoms with E-state index in [0.29, 0.717) is 12.6 Å². The van der Waals surface area contributed by atoms with Gasteiger partial charge in [-0.3, -0.25) is 0 Å². The molecule has 0 radical (unpaired) electrons. The van der Waals surface area contributed by atoms with Gasteiger partial charge in [-0.05, 0) is 25.2 Å². The molecule has 0 saturated heterocycles. The lowest BCUT2D eigenvalue weighted by molar-refractivity contribution is 0.315. The van der Waals surface area contributed by atoms with E-state index in [0.717, 1.165) is 24.3 Å². The third-order valence-corrected chi connectivity index (χ3v) is 4.14. The summed E-state index contributed by atoms with van der Waals surface area (Å²) in [5.41, 5.74) is 0. The summed E-state index contributed by atoms with van der Waals surface area (Å²) >= 11 is 0. The SMILES string of the molecule is C=CCN=C(NCC)NC1CC1C1CCCCC1. The van der Waals surface area contributed by atoms with E-state index in [-0.39, 0.29) is 0 Å². The lowest BCUT2D eigenvalue weighted by atomic mass is 9.85. The van der Waals surface area contributed by atoms with Crippen LogP contribution < -0.4 is 10.6 Å². The fraction of sp³-hybridized carbons (Fsp3) is 0.800. The molecule has 0 spiro atoms. The van der Waals surface area contributed by atoms with Crippen LogP contribution in [0.2, 0.25) is 0 Å². The number of nitrogens with one attached hydrogen (secondary N) is 2. The Morgan fingerprint density at radius 3 is 2.78 bits per heavy atom. The molecule has 0 aromatic carbocycles. The Morgan fingerprint density at radius 1 is 1.33 bits per heavy atom. The second-order valence-electron chi connectivity index (χ2n) is 5.56. The first-order chi connectivity index (χ1) is 8.85. The largest absolute Gasteiger partial charge is 0.357 e. The highest BCUT2D eigenvalue weighted by Gasteiger charge is 2.43. The molecule has 2 aliphatic rings. The van der Waals surface area contributed by atoms with Crippen molar-refractivity contribution >= 4 is 5.96 Å². The Labute approximate surface area is 111 Å². The summed E-state index contributed by atoms with van der Waals surface area (Å²) in [6.45, 7) is 7.43. The minimum Gasteiger partial charge on any atom is -0.357 e. The van der Waals surface area contributed by atoms with Gasteiger partial charge in [0.25, 0.3) is 0 Å². The molecule has 3 heteroatoms. The molecule has 0 aromatic heterocycles. The second kappa shape index (κ2) is 6.81. The van der Waals surface area contributed by atoms with Crippen molar-refractivity contribution in [3.8, 4) is 0 Å². The van der Waals surface area contributed by atoms with Gasteiger partial charge < -0.3 is 10.6 Å². The van der Waals surface area contributed by atoms with Crippen LogP contribution in [0.3, 0.4) is 0 Å². The Balaban J connectivity index is 1.77. The molecule has 3 nitrogen and oxygen atoms in total. The van der Waals surface area contributed by atoms with Gasteiger partial charge >= 0.3 is 0 Å². The monoisotopic (exact) mass is 249 g/mol. The van der Waals surface area contributed by atoms with Crippen LogP contribution in [0, 0.1) is 11.8 Å². The van der Waals surface area contributed by atoms with Gasteiger partial charge in [0.2, 0.25) is 0 Å². The van der Waals surface area contributed by atoms with Gasteiger partial charge in [-0.2, -0.15) is 0 Å². The molecule has 18 heavy (non-hydrogen) atoms. The van der Waals surface area contributed by atoms with Crippen molar-refractivity contribution in [2.75, 3.05) is 13.1 Å². The van der Waals surface area contributed by atoms with Crippen molar-refractivity contribution in [3.63, 3.8) is 0 Å². The maximum atomic E-state index is 4.47. The van der Waals surface area contributed by atoms with Crippen LogP contribution >= 0.6 is 0 Å². The van der Waals surface area contributed by atoms with Gasteiger partial charge in [-0.25, -0.2) is 4.99 Å². The molecule has 2 saturated carbocycles. The molecule has 2 atom stereocenters. The third-order valence-electron chi connectivity index (χ3n) is 4.14. The zero-order valence-electron chi connectivity index (χ0n) is 11.6. The first-order valence-corrected chi connectivity index (χ1v) is 7.51. The molecule has 2 fully saturated rings. The Bertz CT molecular complexity index is 292. The van der Waals surface area contributed by atoms with Gasteiger partial charge in [0.05, 0.1) is 6.54 Å². The van der Waals surface area contributed by atoms with Crippen molar-refractivity contribution in [3.05, 3.63) is 12.7 Å². The van der Waals surface area contributed by atoms with E-state index in [1.807, 2.05) is 6.08 Å². The van der Waals surface area contributed by atoms with Crippen LogP contribution in [0.5, 0.6) is 0 Å². The molecule has 0 aromatic rings. The minimum atomic E-state index is 0.663. The number of hydrogen-bond donors (Lipinski definition) is 2. The molecule has 102 valence electrons. The Morgan fingerprint density at radius 2 is 2.11 bits per heavy atom. The summed E-state index contributed by atoms with van der Waals surface area (Å²) in [6.07, 6.45) is 10.4. The quantitative estimate of drug-likeness (QED) is 0.446. The molecule has 2 N–H and O–H groups in total. The second-order valence-corrected chi connectivity index (χ2v) is 5.56. The first kappa shape index (κ1) is 13.4. The van der Waals surface area contributed by atoms with E-state index in [2.05, 4.69) is 29.1 Å². The lowest BCUT2D eigenvalue weighted by Gasteiger charge is -2.22. The maximum Gasteiger partial charge on any atom is 0.191 e. The zero-order chi connectivity index (χ0) is 12.8. The van der Waals surface area contributed by atoms with E-state index in [9.17, 15) is 0 Å². The van der Waals surface area contributed by atoms with Crippen molar-refractivity contribution in [1.29, 1.82) is 0 Å². The topological polar surface area (TPSA) is 36.4 Å². The number of nitrogens with zero attached hydrogens (tertiary/aromatic N) is 1. The Hall–Kier alpha value is -0.990. The van der Waals surface area contributed by atoms with E-state index >= 15 is 0 Å². The molecule has 0 aliphatic heterocycles. The highest BCUT2D eigenvalue weighted by molar-refractivity contribution is 5.80. The number of hydrogen-bond acceptors (Lipinski definition) is 1. The predicted molar refractivity (Wildman–Crippen MR) is 77.8 cm³/mol. The summed E-state index contributed by atoms with van der Waals surface area (Å²) in [6, 6.07) is 0.663. The fourth-order valence-corrected chi connectivity index (χ4v) is 3.12. The molecule has 2 rings (SSSR count). The van der Waals surface area contributed by atoms with E-state index in [1.54, 1.807) is 0 Å². The molecular formula is C15H27N3. The molecule has 2 unspecified atom stereocenters. The van der Waals surface area contributed by atoms with Crippen molar-refractivity contribution in [2.24, 2.45) is 16.8 Å². The van der Waals surface area contributed by atoms with E-state index in [1.165, 1.54) is 38.5 Å². The Kier molecular flexibility index (Phi) is 5.09. The summed E-state index contributed by atoms with van der Waals surface area (Å²) in [5.74, 6) is 2.83. The summed E-state index contributed by atoms with van der Waals surface area (Å²) in [4.78, 5) is 4.47. The highest BCUT2D eigenvalue weighted by atomic mass is 15.2. The van der Waals surface area contributed by atoms with Crippen molar-refractivity contribution in [2.45, 2.75) is 51.5 Å². The highest BCUT2D eigenvalue weighted by Crippen LogP contribution is 2.44. The van der Waals surface area contributed by atoms with Crippen LogP contribution in [0.15, 0.2) is 17.6 Å². The van der Waals surface area contributed by atoms with Crippen LogP contribution in [0.4, 0.5) is 0 Å². The maximum absolute atomic E-state index is 4.47. The van der Waals surface area contributed by atoms with Gasteiger partial charge in [0, 0.05) is 12.6 Å². The van der Waals surface area contributed by atoms with Gasteiger partial charge in [0.15, 0.2) is 5.96 Å². The standard InChI is InChI=1S/C15H27N3/c1-3-10-17-15(16-4-2)18-14-11-13(14)12-8-6-5-7-9-12/h3,12-14H,1,4-11H2,2H3,(H2,16,17,18). The predicted octanol–water partition coefficient (Wildman–Crippen LogP) is 2.70. The number of rotatable bonds is 5. The summed E-state index contributed by atoms with van der Waals surface area (Å²) in [7, 11) is 0. The van der Waals surface area contributed by atoms with Crippen LogP contribution in [0.25, 0.3) is 0 Å². The van der Waals surface area contributed by atoms with Gasteiger partial charge in [0.1, 0.15) is 0 Å². The number of aliphatic imine (C=N–C) groups is 1. The smallest absolute Gasteiger partial charge is 0.191 e. The van der Waals surface area contributed by atoms with Crippen molar-refractivity contribution < 1.29 is 0 Å². The van der Waals surface area contributed by atoms with Crippen molar-refractivity contribution in [1.82, 2.24) is 10.6 Å². The third kappa shape index (κ3) is 3.76. The van der Waals surface area contributed by atoms with Crippen LogP contribution in [-0.2, 0) is 0 Å². The average Bonchev–Trinajstić information content (AvgIpc) is 3.16. The molecule has 0 amide bonds. The minimum absolute atomic E-state index is 0.663. The van der Waals surface area contributed by atoms with Gasteiger partial charge in [-0.1, -0.05) is 38.2 Å². The fourth-order valence-electron chi connectivity index (χ4n) is 3.12. The average molecular weight is 249 g/mol. The van der Waals surface area contributed by atoms with Gasteiger partial charge in [-0.15, -0.1) is 6.58 Å². The zero-order valence-corrected chi connectivity index (χ0v) is 11.6. The summed E-state index contributed by atoms with van der Waals surface area (Å²) in [5, 5.41) is 6.87. The molecule has 2 aliphatic carbocycles. The normalized spacial score (nSPS) is 28.8. The first-order valence-electron chi connectivity index (χ1n) is 7.51. The van der Waals surface area contributed by atoms with Crippen LogP contribution in [-0.4, -0.2) is 25.1 Å². The number of guanidine groups is 1. The molecule has 0 bridgehead atoms. The van der Waals surface area contributed by atoms with E-state index in [4.69, 9.17) is 0 Å². The lowest BCUT2D eigenvalue weighted by Crippen LogP contribution is -2.39. The molecule has 0 heterocycles. The summed E-state index contributed by atoms with van der Waals surface area (Å²) < 4.78 is 0.